The minimum absolute atomic E-state index is 0.00741. The maximum absolute atomic E-state index is 13.5. The fourth-order valence-corrected chi connectivity index (χ4v) is 11.7. The van der Waals surface area contributed by atoms with Gasteiger partial charge in [0.05, 0.1) is 12.5 Å². The molecule has 0 radical (unpaired) electrons. The third kappa shape index (κ3) is 5.00. The number of hydrogen-bond acceptors (Lipinski definition) is 5. The molecule has 7 atom stereocenters. The lowest BCUT2D eigenvalue weighted by molar-refractivity contribution is -0.214. The van der Waals surface area contributed by atoms with Crippen LogP contribution in [0.15, 0.2) is 11.1 Å². The van der Waals surface area contributed by atoms with Gasteiger partial charge in [0.1, 0.15) is 6.10 Å². The Bertz CT molecular complexity index is 1180. The van der Waals surface area contributed by atoms with E-state index in [1.165, 1.54) is 18.4 Å². The molecule has 0 amide bonds. The van der Waals surface area contributed by atoms with Crippen molar-refractivity contribution >= 4 is 17.9 Å². The normalized spacial score (nSPS) is 41.2. The van der Waals surface area contributed by atoms with Gasteiger partial charge in [-0.05, 0) is 117 Å². The van der Waals surface area contributed by atoms with Crippen LogP contribution in [0.1, 0.15) is 145 Å². The molecule has 5 aliphatic rings. The maximum Gasteiger partial charge on any atom is 0.315 e. The number of unbranched alkanes of at least 4 members (excludes halogenated alkanes) is 1. The van der Waals surface area contributed by atoms with E-state index in [2.05, 4.69) is 48.5 Å². The monoisotopic (exact) mass is 598 g/mol. The van der Waals surface area contributed by atoms with E-state index in [9.17, 15) is 14.4 Å². The van der Waals surface area contributed by atoms with E-state index >= 15 is 0 Å². The molecule has 0 spiro atoms. The van der Waals surface area contributed by atoms with Gasteiger partial charge in [0, 0.05) is 18.3 Å². The zero-order valence-corrected chi connectivity index (χ0v) is 28.3. The van der Waals surface area contributed by atoms with Crippen LogP contribution in [0.2, 0.25) is 0 Å². The number of allylic oxidation sites excluding steroid dienone is 1. The summed E-state index contributed by atoms with van der Waals surface area (Å²) in [7, 11) is 1.57. The first-order valence-electron chi connectivity index (χ1n) is 17.2. The van der Waals surface area contributed by atoms with E-state index in [-0.39, 0.29) is 51.5 Å². The Morgan fingerprint density at radius 2 is 1.47 bits per heavy atom. The van der Waals surface area contributed by atoms with E-state index in [0.29, 0.717) is 31.1 Å². The molecule has 43 heavy (non-hydrogen) atoms. The summed E-state index contributed by atoms with van der Waals surface area (Å²) in [4.78, 5) is 37.1. The summed E-state index contributed by atoms with van der Waals surface area (Å²) in [5, 5.41) is 8.90. The van der Waals surface area contributed by atoms with Crippen molar-refractivity contribution in [3.8, 4) is 0 Å². The van der Waals surface area contributed by atoms with Gasteiger partial charge >= 0.3 is 17.9 Å². The number of hydrogen-bond donors (Lipinski definition) is 1. The Kier molecular flexibility index (Phi) is 8.25. The zero-order valence-electron chi connectivity index (χ0n) is 28.3. The summed E-state index contributed by atoms with van der Waals surface area (Å²) in [5.41, 5.74) is 3.10. The first-order valence-corrected chi connectivity index (χ1v) is 17.2. The lowest BCUT2D eigenvalue weighted by Gasteiger charge is -2.71. The number of carboxylic acids is 1. The van der Waals surface area contributed by atoms with Gasteiger partial charge in [-0.1, -0.05) is 59.6 Å². The summed E-state index contributed by atoms with van der Waals surface area (Å²) in [6.07, 6.45) is 12.8. The topological polar surface area (TPSA) is 89.9 Å². The van der Waals surface area contributed by atoms with Crippen molar-refractivity contribution in [1.82, 2.24) is 0 Å². The molecule has 5 aliphatic carbocycles. The number of carboxylic acid groups (broad SMARTS) is 1. The van der Waals surface area contributed by atoms with Crippen LogP contribution < -0.4 is 0 Å². The molecule has 4 fully saturated rings. The van der Waals surface area contributed by atoms with Crippen LogP contribution >= 0.6 is 0 Å². The molecule has 0 saturated heterocycles. The Labute approximate surface area is 260 Å². The molecule has 0 aromatic rings. The summed E-state index contributed by atoms with van der Waals surface area (Å²) < 4.78 is 11.7. The summed E-state index contributed by atoms with van der Waals surface area (Å²) in [6, 6.07) is 0. The standard InChI is InChI=1S/C37H58O6/c1-32(2)19-21-37(31(41)42-8)22-20-35(6)24(25(37)23-32)13-14-27-34(5)17-16-28(43-30(40)12-10-9-11-29(38)39)33(3,4)26(34)15-18-36(27,35)7/h26-28H,9-23H2,1-8H3,(H,38,39)/t26-,27+,28-,34-,35+,36+,37?/m0/s1. The quantitative estimate of drug-likeness (QED) is 0.179. The van der Waals surface area contributed by atoms with Gasteiger partial charge in [-0.25, -0.2) is 0 Å². The first-order chi connectivity index (χ1) is 20.0. The molecule has 4 saturated carbocycles. The molecule has 0 heterocycles. The Balaban J connectivity index is 1.41. The molecule has 0 bridgehead atoms. The second kappa shape index (κ2) is 10.9. The van der Waals surface area contributed by atoms with E-state index in [1.807, 2.05) is 0 Å². The number of esters is 2. The second-order valence-electron chi connectivity index (χ2n) is 17.2. The van der Waals surface area contributed by atoms with E-state index in [0.717, 1.165) is 57.8 Å². The predicted molar refractivity (Wildman–Crippen MR) is 167 cm³/mol. The predicted octanol–water partition coefficient (Wildman–Crippen LogP) is 8.66. The van der Waals surface area contributed by atoms with Crippen molar-refractivity contribution < 1.29 is 29.0 Å². The van der Waals surface area contributed by atoms with E-state index in [4.69, 9.17) is 14.6 Å². The van der Waals surface area contributed by atoms with E-state index in [1.54, 1.807) is 12.7 Å². The van der Waals surface area contributed by atoms with Crippen molar-refractivity contribution in [2.24, 2.45) is 44.3 Å². The lowest BCUT2D eigenvalue weighted by Crippen LogP contribution is -2.64. The molecule has 0 aliphatic heterocycles. The van der Waals surface area contributed by atoms with Gasteiger partial charge in [-0.3, -0.25) is 14.4 Å². The van der Waals surface area contributed by atoms with Gasteiger partial charge < -0.3 is 14.6 Å². The minimum Gasteiger partial charge on any atom is -0.481 e. The molecule has 1 unspecified atom stereocenters. The van der Waals surface area contributed by atoms with Crippen LogP contribution in [0.25, 0.3) is 0 Å². The van der Waals surface area contributed by atoms with Crippen molar-refractivity contribution in [3.63, 3.8) is 0 Å². The molecular formula is C37H58O6. The third-order valence-corrected chi connectivity index (χ3v) is 14.3. The molecule has 0 aromatic carbocycles. The zero-order chi connectivity index (χ0) is 31.6. The average molecular weight is 599 g/mol. The van der Waals surface area contributed by atoms with E-state index < -0.39 is 11.4 Å². The minimum atomic E-state index is -0.816. The molecule has 5 rings (SSSR count). The Hall–Kier alpha value is -1.85. The van der Waals surface area contributed by atoms with Crippen LogP contribution in [0.4, 0.5) is 0 Å². The van der Waals surface area contributed by atoms with Crippen LogP contribution in [0.3, 0.4) is 0 Å². The number of ether oxygens (including phenoxy) is 2. The number of aliphatic carboxylic acids is 1. The first kappa shape index (κ1) is 32.5. The largest absolute Gasteiger partial charge is 0.481 e. The fourth-order valence-electron chi connectivity index (χ4n) is 11.7. The highest BCUT2D eigenvalue weighted by Crippen LogP contribution is 2.75. The van der Waals surface area contributed by atoms with Gasteiger partial charge in [-0.2, -0.15) is 0 Å². The smallest absolute Gasteiger partial charge is 0.315 e. The van der Waals surface area contributed by atoms with Crippen LogP contribution in [-0.2, 0) is 23.9 Å². The molecule has 6 heteroatoms. The number of fused-ring (bicyclic) bond motifs is 6. The fraction of sp³-hybridized carbons (Fsp3) is 0.865. The number of rotatable bonds is 7. The molecule has 1 N–H and O–H groups in total. The second-order valence-corrected chi connectivity index (χ2v) is 17.2. The highest BCUT2D eigenvalue weighted by atomic mass is 16.5. The molecular weight excluding hydrogens is 540 g/mol. The highest BCUT2D eigenvalue weighted by Gasteiger charge is 2.68. The van der Waals surface area contributed by atoms with Crippen molar-refractivity contribution in [3.05, 3.63) is 11.1 Å². The maximum atomic E-state index is 13.5. The van der Waals surface area contributed by atoms with Crippen molar-refractivity contribution in [1.29, 1.82) is 0 Å². The third-order valence-electron chi connectivity index (χ3n) is 14.3. The summed E-state index contributed by atoms with van der Waals surface area (Å²) in [5.74, 6) is 0.0554. The van der Waals surface area contributed by atoms with Crippen LogP contribution in [0.5, 0.6) is 0 Å². The molecule has 0 aromatic heterocycles. The Morgan fingerprint density at radius 3 is 2.14 bits per heavy atom. The number of carbonyl (C=O) groups excluding carboxylic acids is 2. The summed E-state index contributed by atoms with van der Waals surface area (Å²) >= 11 is 0. The van der Waals surface area contributed by atoms with Gasteiger partial charge in [0.25, 0.3) is 0 Å². The average Bonchev–Trinajstić information content (AvgIpc) is 2.92. The van der Waals surface area contributed by atoms with Gasteiger partial charge in [0.2, 0.25) is 0 Å². The number of methoxy groups -OCH3 is 1. The SMILES string of the molecule is COC(=O)C12CCC(C)(C)CC1=C1CC[C@@H]3[C@@]4(C)CC[C@H](OC(=O)CCCCC(=O)O)C(C)(C)[C@@H]4CC[C@@]3(C)[C@]1(C)CC2. The molecule has 6 nitrogen and oxygen atoms in total. The Morgan fingerprint density at radius 1 is 0.791 bits per heavy atom. The van der Waals surface area contributed by atoms with Crippen molar-refractivity contribution in [2.75, 3.05) is 7.11 Å². The summed E-state index contributed by atoms with van der Waals surface area (Å²) in [6.45, 7) is 17.1. The van der Waals surface area contributed by atoms with Gasteiger partial charge in [-0.15, -0.1) is 0 Å². The molecule has 242 valence electrons. The van der Waals surface area contributed by atoms with Gasteiger partial charge in [0.15, 0.2) is 0 Å². The van der Waals surface area contributed by atoms with Crippen LogP contribution in [-0.4, -0.2) is 36.2 Å². The van der Waals surface area contributed by atoms with Crippen molar-refractivity contribution in [2.45, 2.75) is 151 Å². The number of carbonyl (C=O) groups is 3. The highest BCUT2D eigenvalue weighted by molar-refractivity contribution is 5.82. The lowest BCUT2D eigenvalue weighted by atomic mass is 9.34. The van der Waals surface area contributed by atoms with Crippen LogP contribution in [0, 0.1) is 44.3 Å².